The molecule has 0 fully saturated rings. The van der Waals surface area contributed by atoms with Crippen molar-refractivity contribution < 1.29 is 14.1 Å². The summed E-state index contributed by atoms with van der Waals surface area (Å²) in [5.41, 5.74) is 3.46. The normalized spacial score (nSPS) is 10.3. The Hall–Kier alpha value is -3.01. The first-order valence-corrected chi connectivity index (χ1v) is 7.35. The maximum Gasteiger partial charge on any atom is 0.338 e. The molecule has 0 spiro atoms. The van der Waals surface area contributed by atoms with Gasteiger partial charge in [-0.25, -0.2) is 9.36 Å². The first kappa shape index (κ1) is 14.9. The number of carbonyl (C=O) groups excluding carboxylic acids is 1. The second-order valence-electron chi connectivity index (χ2n) is 5.24. The monoisotopic (exact) mass is 305 g/mol. The molecule has 3 aromatic rings. The number of rotatable bonds is 4. The minimum atomic E-state index is -0.320. The Balaban J connectivity index is 1.62. The highest BCUT2D eigenvalue weighted by Gasteiger charge is 2.09. The number of ether oxygens (including phenoxy) is 1. The number of carbonyl (C=O) groups is 1. The number of hydrogen-bond donors (Lipinski definition) is 0. The smallest absolute Gasteiger partial charge is 0.338 e. The lowest BCUT2D eigenvalue weighted by Gasteiger charge is -2.06. The molecule has 0 saturated carbocycles. The Labute approximate surface area is 135 Å². The molecule has 23 heavy (non-hydrogen) atoms. The summed E-state index contributed by atoms with van der Waals surface area (Å²) < 4.78 is 7.20. The van der Waals surface area contributed by atoms with Crippen molar-refractivity contribution in [2.75, 3.05) is 0 Å². The van der Waals surface area contributed by atoms with Crippen LogP contribution < -0.4 is 4.57 Å². The standard InChI is InChI=1S/C19H17N2O2/c1-21-12-9-17(10-13-21)19(22)23-14-15-5-7-16(8-6-15)18-4-2-3-11-20-18/h2-13H,14H2,1H3/q+1. The highest BCUT2D eigenvalue weighted by Crippen LogP contribution is 2.17. The Morgan fingerprint density at radius 3 is 2.43 bits per heavy atom. The van der Waals surface area contributed by atoms with E-state index in [2.05, 4.69) is 4.98 Å². The van der Waals surface area contributed by atoms with Crippen LogP contribution in [0.4, 0.5) is 0 Å². The third kappa shape index (κ3) is 3.80. The van der Waals surface area contributed by atoms with E-state index >= 15 is 0 Å². The van der Waals surface area contributed by atoms with Gasteiger partial charge in [-0.05, 0) is 17.7 Å². The van der Waals surface area contributed by atoms with Crippen LogP contribution in [0.15, 0.2) is 73.2 Å². The molecule has 0 amide bonds. The first-order valence-electron chi connectivity index (χ1n) is 7.35. The quantitative estimate of drug-likeness (QED) is 0.550. The van der Waals surface area contributed by atoms with E-state index in [9.17, 15) is 4.79 Å². The maximum atomic E-state index is 12.0. The van der Waals surface area contributed by atoms with Gasteiger partial charge in [0.2, 0.25) is 0 Å². The fraction of sp³-hybridized carbons (Fsp3) is 0.105. The van der Waals surface area contributed by atoms with Crippen molar-refractivity contribution >= 4 is 5.97 Å². The van der Waals surface area contributed by atoms with Gasteiger partial charge in [-0.15, -0.1) is 0 Å². The number of aryl methyl sites for hydroxylation is 1. The number of pyridine rings is 2. The zero-order valence-corrected chi connectivity index (χ0v) is 12.8. The Morgan fingerprint density at radius 1 is 1.04 bits per heavy atom. The Morgan fingerprint density at radius 2 is 1.78 bits per heavy atom. The highest BCUT2D eigenvalue weighted by molar-refractivity contribution is 5.89. The van der Waals surface area contributed by atoms with Gasteiger partial charge >= 0.3 is 5.97 Å². The summed E-state index contributed by atoms with van der Waals surface area (Å²) in [5, 5.41) is 0. The summed E-state index contributed by atoms with van der Waals surface area (Å²) in [6, 6.07) is 17.1. The SMILES string of the molecule is C[n+]1ccc(C(=O)OCc2ccc(-c3ccccn3)cc2)cc1. The molecule has 0 N–H and O–H groups in total. The zero-order chi connectivity index (χ0) is 16.1. The molecular formula is C19H17N2O2+. The lowest BCUT2D eigenvalue weighted by molar-refractivity contribution is -0.671. The summed E-state index contributed by atoms with van der Waals surface area (Å²) in [6.07, 6.45) is 5.40. The van der Waals surface area contributed by atoms with E-state index in [0.717, 1.165) is 16.8 Å². The van der Waals surface area contributed by atoms with Gasteiger partial charge in [0.25, 0.3) is 0 Å². The van der Waals surface area contributed by atoms with Gasteiger partial charge < -0.3 is 4.74 Å². The fourth-order valence-corrected chi connectivity index (χ4v) is 2.17. The van der Waals surface area contributed by atoms with Gasteiger partial charge in [0, 0.05) is 23.9 Å². The molecule has 0 unspecified atom stereocenters. The molecule has 0 aliphatic rings. The van der Waals surface area contributed by atoms with Crippen molar-refractivity contribution in [1.29, 1.82) is 0 Å². The first-order chi connectivity index (χ1) is 11.2. The third-order valence-corrected chi connectivity index (χ3v) is 3.50. The van der Waals surface area contributed by atoms with Crippen LogP contribution in [0.25, 0.3) is 11.3 Å². The topological polar surface area (TPSA) is 43.1 Å². The maximum absolute atomic E-state index is 12.0. The molecule has 3 rings (SSSR count). The number of nitrogens with zero attached hydrogens (tertiary/aromatic N) is 2. The molecular weight excluding hydrogens is 288 g/mol. The average Bonchev–Trinajstić information content (AvgIpc) is 2.61. The highest BCUT2D eigenvalue weighted by atomic mass is 16.5. The van der Waals surface area contributed by atoms with Gasteiger partial charge in [-0.1, -0.05) is 30.3 Å². The molecule has 0 radical (unpaired) electrons. The fourth-order valence-electron chi connectivity index (χ4n) is 2.17. The zero-order valence-electron chi connectivity index (χ0n) is 12.8. The molecule has 1 aromatic carbocycles. The molecule has 0 saturated heterocycles. The van der Waals surface area contributed by atoms with Gasteiger partial charge in [0.15, 0.2) is 12.4 Å². The van der Waals surface area contributed by atoms with E-state index < -0.39 is 0 Å². The summed E-state index contributed by atoms with van der Waals surface area (Å²) in [4.78, 5) is 16.3. The van der Waals surface area contributed by atoms with E-state index in [1.165, 1.54) is 0 Å². The number of hydrogen-bond acceptors (Lipinski definition) is 3. The predicted molar refractivity (Wildman–Crippen MR) is 86.4 cm³/mol. The van der Waals surface area contributed by atoms with Crippen molar-refractivity contribution in [2.24, 2.45) is 7.05 Å². The van der Waals surface area contributed by atoms with Crippen LogP contribution in [0.1, 0.15) is 15.9 Å². The number of esters is 1. The van der Waals surface area contributed by atoms with Crippen molar-refractivity contribution in [3.63, 3.8) is 0 Å². The summed E-state index contributed by atoms with van der Waals surface area (Å²) in [7, 11) is 1.90. The molecule has 2 aromatic heterocycles. The van der Waals surface area contributed by atoms with Crippen LogP contribution >= 0.6 is 0 Å². The van der Waals surface area contributed by atoms with Crippen molar-refractivity contribution in [2.45, 2.75) is 6.61 Å². The molecule has 4 heteroatoms. The number of benzene rings is 1. The van der Waals surface area contributed by atoms with Gasteiger partial charge in [0.05, 0.1) is 11.3 Å². The van der Waals surface area contributed by atoms with Crippen LogP contribution in [-0.2, 0) is 18.4 Å². The van der Waals surface area contributed by atoms with Crippen LogP contribution in [0, 0.1) is 0 Å². The van der Waals surface area contributed by atoms with E-state index in [4.69, 9.17) is 4.74 Å². The average molecular weight is 305 g/mol. The van der Waals surface area contributed by atoms with Crippen LogP contribution in [-0.4, -0.2) is 11.0 Å². The molecule has 0 bridgehead atoms. The molecule has 0 aliphatic carbocycles. The van der Waals surface area contributed by atoms with Crippen LogP contribution in [0.5, 0.6) is 0 Å². The molecule has 4 nitrogen and oxygen atoms in total. The van der Waals surface area contributed by atoms with Crippen molar-refractivity contribution in [3.05, 3.63) is 84.3 Å². The van der Waals surface area contributed by atoms with E-state index in [-0.39, 0.29) is 12.6 Å². The number of aromatic nitrogens is 2. The van der Waals surface area contributed by atoms with Crippen LogP contribution in [0.3, 0.4) is 0 Å². The molecule has 0 atom stereocenters. The Kier molecular flexibility index (Phi) is 4.43. The predicted octanol–water partition coefficient (Wildman–Crippen LogP) is 2.93. The Bertz CT molecular complexity index is 782. The lowest BCUT2D eigenvalue weighted by Crippen LogP contribution is -2.26. The minimum absolute atomic E-state index is 0.252. The van der Waals surface area contributed by atoms with Crippen LogP contribution in [0.2, 0.25) is 0 Å². The van der Waals surface area contributed by atoms with E-state index in [1.807, 2.05) is 66.5 Å². The second-order valence-corrected chi connectivity index (χ2v) is 5.24. The molecule has 114 valence electrons. The molecule has 2 heterocycles. The summed E-state index contributed by atoms with van der Waals surface area (Å²) >= 11 is 0. The summed E-state index contributed by atoms with van der Waals surface area (Å²) in [6.45, 7) is 0.252. The molecule has 0 aliphatic heterocycles. The third-order valence-electron chi connectivity index (χ3n) is 3.50. The van der Waals surface area contributed by atoms with Gasteiger partial charge in [0.1, 0.15) is 13.7 Å². The minimum Gasteiger partial charge on any atom is -0.457 e. The van der Waals surface area contributed by atoms with E-state index in [1.54, 1.807) is 18.3 Å². The largest absolute Gasteiger partial charge is 0.457 e. The van der Waals surface area contributed by atoms with E-state index in [0.29, 0.717) is 5.56 Å². The van der Waals surface area contributed by atoms with Crippen molar-refractivity contribution in [1.82, 2.24) is 4.98 Å². The summed E-state index contributed by atoms with van der Waals surface area (Å²) in [5.74, 6) is -0.320. The van der Waals surface area contributed by atoms with Gasteiger partial charge in [-0.2, -0.15) is 0 Å². The second kappa shape index (κ2) is 6.83. The van der Waals surface area contributed by atoms with Gasteiger partial charge in [-0.3, -0.25) is 4.98 Å². The van der Waals surface area contributed by atoms with Crippen molar-refractivity contribution in [3.8, 4) is 11.3 Å². The lowest BCUT2D eigenvalue weighted by atomic mass is 10.1.